The molecule has 28 heavy (non-hydrogen) atoms. The van der Waals surface area contributed by atoms with E-state index < -0.39 is 0 Å². The lowest BCUT2D eigenvalue weighted by molar-refractivity contribution is -0.120. The number of rotatable bonds is 3. The fraction of sp³-hybridized carbons (Fsp3) is 0.350. The molecule has 2 aliphatic heterocycles. The first kappa shape index (κ1) is 18.7. The predicted octanol–water partition coefficient (Wildman–Crippen LogP) is 1.46. The topological polar surface area (TPSA) is 77.6 Å². The summed E-state index contributed by atoms with van der Waals surface area (Å²) in [5.74, 6) is -0.112. The Morgan fingerprint density at radius 1 is 1.18 bits per heavy atom. The number of benzene rings is 1. The average molecular weight is 400 g/mol. The number of aromatic nitrogens is 1. The van der Waals surface area contributed by atoms with E-state index in [1.54, 1.807) is 12.3 Å². The summed E-state index contributed by atoms with van der Waals surface area (Å²) in [6.07, 6.45) is 1.63. The first-order valence-electron chi connectivity index (χ1n) is 9.36. The van der Waals surface area contributed by atoms with Gasteiger partial charge in [-0.3, -0.25) is 14.6 Å². The number of pyridine rings is 1. The lowest BCUT2D eigenvalue weighted by atomic mass is 10.0. The minimum atomic E-state index is -0.100. The molecule has 2 aliphatic rings. The van der Waals surface area contributed by atoms with Crippen LogP contribution in [0.4, 0.5) is 5.69 Å². The van der Waals surface area contributed by atoms with Crippen molar-refractivity contribution < 1.29 is 9.59 Å². The number of piperazine rings is 2. The Bertz CT molecular complexity index is 890. The third-order valence-electron chi connectivity index (χ3n) is 5.08. The molecule has 1 aromatic heterocycles. The van der Waals surface area contributed by atoms with Gasteiger partial charge < -0.3 is 20.4 Å². The molecule has 1 atom stereocenters. The van der Waals surface area contributed by atoms with Crippen molar-refractivity contribution in [1.29, 1.82) is 0 Å². The van der Waals surface area contributed by atoms with Crippen molar-refractivity contribution in [3.05, 3.63) is 58.9 Å². The summed E-state index contributed by atoms with van der Waals surface area (Å²) in [6, 6.07) is 11.3. The van der Waals surface area contributed by atoms with Gasteiger partial charge in [-0.1, -0.05) is 23.7 Å². The fourth-order valence-corrected chi connectivity index (χ4v) is 3.83. The van der Waals surface area contributed by atoms with Gasteiger partial charge >= 0.3 is 0 Å². The van der Waals surface area contributed by atoms with E-state index in [1.165, 1.54) is 0 Å². The van der Waals surface area contributed by atoms with Crippen LogP contribution in [0.3, 0.4) is 0 Å². The normalized spacial score (nSPS) is 20.0. The third-order valence-corrected chi connectivity index (χ3v) is 5.31. The molecule has 0 bridgehead atoms. The van der Waals surface area contributed by atoms with Crippen LogP contribution in [0.25, 0.3) is 0 Å². The van der Waals surface area contributed by atoms with Gasteiger partial charge in [-0.25, -0.2) is 0 Å². The molecule has 4 rings (SSSR count). The number of amides is 2. The van der Waals surface area contributed by atoms with Crippen LogP contribution >= 0.6 is 11.6 Å². The van der Waals surface area contributed by atoms with Gasteiger partial charge in [-0.2, -0.15) is 0 Å². The van der Waals surface area contributed by atoms with Gasteiger partial charge in [0.15, 0.2) is 0 Å². The van der Waals surface area contributed by atoms with Crippen LogP contribution in [0.5, 0.6) is 0 Å². The quantitative estimate of drug-likeness (QED) is 0.817. The number of nitrogens with one attached hydrogen (secondary N) is 2. The molecule has 0 spiro atoms. The van der Waals surface area contributed by atoms with Crippen LogP contribution in [-0.2, 0) is 4.79 Å². The van der Waals surface area contributed by atoms with Gasteiger partial charge in [-0.05, 0) is 29.8 Å². The molecule has 0 aliphatic carbocycles. The average Bonchev–Trinajstić information content (AvgIpc) is 2.73. The Morgan fingerprint density at radius 2 is 2.07 bits per heavy atom. The summed E-state index contributed by atoms with van der Waals surface area (Å²) in [5, 5.41) is 6.93. The number of carbonyl (C=O) groups excluding carboxylic acids is 2. The first-order valence-corrected chi connectivity index (χ1v) is 9.74. The van der Waals surface area contributed by atoms with Crippen molar-refractivity contribution in [3.8, 4) is 0 Å². The molecule has 1 unspecified atom stereocenters. The van der Waals surface area contributed by atoms with E-state index in [2.05, 4.69) is 15.6 Å². The van der Waals surface area contributed by atoms with Gasteiger partial charge in [0, 0.05) is 49.6 Å². The van der Waals surface area contributed by atoms with Crippen LogP contribution < -0.4 is 15.5 Å². The zero-order valence-corrected chi connectivity index (χ0v) is 16.2. The number of halogens is 1. The van der Waals surface area contributed by atoms with Gasteiger partial charge in [0.05, 0.1) is 12.6 Å². The fourth-order valence-electron chi connectivity index (χ4n) is 3.64. The maximum absolute atomic E-state index is 13.1. The number of nitrogens with zero attached hydrogens (tertiary/aromatic N) is 3. The maximum Gasteiger partial charge on any atom is 0.272 e. The summed E-state index contributed by atoms with van der Waals surface area (Å²) in [4.78, 5) is 32.8. The molecule has 7 nitrogen and oxygen atoms in total. The number of carbonyl (C=O) groups is 2. The Balaban J connectivity index is 1.49. The molecule has 146 valence electrons. The van der Waals surface area contributed by atoms with Crippen molar-refractivity contribution in [2.75, 3.05) is 44.2 Å². The molecule has 2 aromatic rings. The number of anilines is 1. The lowest BCUT2D eigenvalue weighted by Crippen LogP contribution is -2.49. The maximum atomic E-state index is 13.1. The van der Waals surface area contributed by atoms with Crippen LogP contribution in [0.15, 0.2) is 42.6 Å². The van der Waals surface area contributed by atoms with Crippen LogP contribution in [-0.4, -0.2) is 61.0 Å². The molecule has 1 aromatic carbocycles. The standard InChI is InChI=1S/C20H22ClN5O2/c21-15-3-1-2-14(10-15)18-12-26(9-6-23-18)20(28)17-11-16(4-5-22-17)25-8-7-24-19(27)13-25/h1-5,10-11,18,23H,6-9,12-13H2,(H,24,27). The second-order valence-corrected chi connectivity index (χ2v) is 7.42. The zero-order valence-electron chi connectivity index (χ0n) is 15.4. The van der Waals surface area contributed by atoms with Crippen LogP contribution in [0.1, 0.15) is 22.1 Å². The minimum Gasteiger partial charge on any atom is -0.360 e. The first-order chi connectivity index (χ1) is 13.6. The molecule has 2 fully saturated rings. The van der Waals surface area contributed by atoms with Gasteiger partial charge in [0.25, 0.3) is 5.91 Å². The van der Waals surface area contributed by atoms with Crippen LogP contribution in [0, 0.1) is 0 Å². The highest BCUT2D eigenvalue weighted by Gasteiger charge is 2.26. The molecule has 2 N–H and O–H groups in total. The highest BCUT2D eigenvalue weighted by Crippen LogP contribution is 2.22. The van der Waals surface area contributed by atoms with Gasteiger partial charge in [0.2, 0.25) is 5.91 Å². The van der Waals surface area contributed by atoms with E-state index in [9.17, 15) is 9.59 Å². The lowest BCUT2D eigenvalue weighted by Gasteiger charge is -2.34. The van der Waals surface area contributed by atoms with Gasteiger partial charge in [0.1, 0.15) is 5.69 Å². The van der Waals surface area contributed by atoms with Crippen molar-refractivity contribution in [1.82, 2.24) is 20.5 Å². The second-order valence-electron chi connectivity index (χ2n) is 6.98. The highest BCUT2D eigenvalue weighted by molar-refractivity contribution is 6.30. The molecule has 3 heterocycles. The van der Waals surface area contributed by atoms with E-state index in [-0.39, 0.29) is 17.9 Å². The summed E-state index contributed by atoms with van der Waals surface area (Å²) >= 11 is 6.11. The number of hydrogen-bond donors (Lipinski definition) is 2. The molecule has 0 saturated carbocycles. The van der Waals surface area contributed by atoms with E-state index in [1.807, 2.05) is 40.1 Å². The molecular weight excluding hydrogens is 378 g/mol. The molecule has 0 radical (unpaired) electrons. The SMILES string of the molecule is O=C1CN(c2ccnc(C(=O)N3CCNC(c4cccc(Cl)c4)C3)c2)CCN1. The summed E-state index contributed by atoms with van der Waals surface area (Å²) < 4.78 is 0. The van der Waals surface area contributed by atoms with Crippen molar-refractivity contribution in [2.45, 2.75) is 6.04 Å². The summed E-state index contributed by atoms with van der Waals surface area (Å²) in [7, 11) is 0. The molecular formula is C20H22ClN5O2. The largest absolute Gasteiger partial charge is 0.360 e. The predicted molar refractivity (Wildman–Crippen MR) is 108 cm³/mol. The summed E-state index contributed by atoms with van der Waals surface area (Å²) in [5.41, 5.74) is 2.30. The Morgan fingerprint density at radius 3 is 2.89 bits per heavy atom. The van der Waals surface area contributed by atoms with E-state index in [0.29, 0.717) is 50.0 Å². The van der Waals surface area contributed by atoms with E-state index >= 15 is 0 Å². The van der Waals surface area contributed by atoms with Crippen molar-refractivity contribution in [3.63, 3.8) is 0 Å². The van der Waals surface area contributed by atoms with Crippen molar-refractivity contribution >= 4 is 29.1 Å². The zero-order chi connectivity index (χ0) is 19.5. The van der Waals surface area contributed by atoms with E-state index in [4.69, 9.17) is 11.6 Å². The molecule has 2 amide bonds. The summed E-state index contributed by atoms with van der Waals surface area (Å²) in [6.45, 7) is 3.49. The van der Waals surface area contributed by atoms with E-state index in [0.717, 1.165) is 11.3 Å². The van der Waals surface area contributed by atoms with Gasteiger partial charge in [-0.15, -0.1) is 0 Å². The smallest absolute Gasteiger partial charge is 0.272 e. The molecule has 2 saturated heterocycles. The highest BCUT2D eigenvalue weighted by atomic mass is 35.5. The monoisotopic (exact) mass is 399 g/mol. The number of hydrogen-bond acceptors (Lipinski definition) is 5. The molecule has 8 heteroatoms. The Kier molecular flexibility index (Phi) is 5.45. The second kappa shape index (κ2) is 8.16. The third kappa shape index (κ3) is 4.10. The van der Waals surface area contributed by atoms with Crippen molar-refractivity contribution in [2.24, 2.45) is 0 Å². The minimum absolute atomic E-state index is 0.0117. The Labute approximate surface area is 168 Å². The van der Waals surface area contributed by atoms with Crippen LogP contribution in [0.2, 0.25) is 5.02 Å². The Hall–Kier alpha value is -2.64.